The summed E-state index contributed by atoms with van der Waals surface area (Å²) in [6.07, 6.45) is 6.23. The van der Waals surface area contributed by atoms with Crippen LogP contribution < -0.4 is 0 Å². The molecular weight excluding hydrogens is 204 g/mol. The van der Waals surface area contributed by atoms with Crippen LogP contribution in [-0.4, -0.2) is 40.1 Å². The number of carboxylic acids is 1. The van der Waals surface area contributed by atoms with Crippen molar-refractivity contribution in [1.29, 1.82) is 0 Å². The molecule has 1 N–H and O–H groups in total. The Labute approximate surface area is 94.9 Å². The smallest absolute Gasteiger partial charge is 0.320 e. The summed E-state index contributed by atoms with van der Waals surface area (Å²) in [5, 5.41) is 9.03. The first kappa shape index (κ1) is 11.1. The minimum absolute atomic E-state index is 0.281. The van der Waals surface area contributed by atoms with Gasteiger partial charge < -0.3 is 5.11 Å². The number of carbonyl (C=O) groups is 1. The van der Waals surface area contributed by atoms with Crippen molar-refractivity contribution in [2.75, 3.05) is 13.1 Å². The summed E-state index contributed by atoms with van der Waals surface area (Å²) in [5.74, 6) is -0.691. The molecule has 1 aromatic heterocycles. The molecule has 2 rings (SSSR count). The molecule has 1 aliphatic rings. The minimum atomic E-state index is -0.691. The number of aromatic nitrogens is 1. The molecule has 1 fully saturated rings. The summed E-state index contributed by atoms with van der Waals surface area (Å²) in [6.45, 7) is 1.71. The van der Waals surface area contributed by atoms with Gasteiger partial charge in [-0.3, -0.25) is 14.7 Å². The predicted molar refractivity (Wildman–Crippen MR) is 60.2 cm³/mol. The van der Waals surface area contributed by atoms with Crippen molar-refractivity contribution in [3.63, 3.8) is 0 Å². The lowest BCUT2D eigenvalue weighted by molar-refractivity contribution is -0.142. The van der Waals surface area contributed by atoms with Crippen LogP contribution in [0.5, 0.6) is 0 Å². The number of nitrogens with zero attached hydrogens (tertiary/aromatic N) is 2. The van der Waals surface area contributed by atoms with Crippen molar-refractivity contribution in [2.45, 2.75) is 25.3 Å². The van der Waals surface area contributed by atoms with Gasteiger partial charge in [0.1, 0.15) is 6.04 Å². The molecule has 2 heterocycles. The fraction of sp³-hybridized carbons (Fsp3) is 0.500. The van der Waals surface area contributed by atoms with Gasteiger partial charge >= 0.3 is 5.97 Å². The Hall–Kier alpha value is -1.42. The van der Waals surface area contributed by atoms with Crippen LogP contribution in [0.2, 0.25) is 0 Å². The zero-order valence-corrected chi connectivity index (χ0v) is 9.17. The fourth-order valence-electron chi connectivity index (χ4n) is 2.19. The first-order valence-electron chi connectivity index (χ1n) is 5.63. The molecule has 0 aliphatic carbocycles. The van der Waals surface area contributed by atoms with Crippen LogP contribution in [-0.2, 0) is 11.2 Å². The molecule has 4 nitrogen and oxygen atoms in total. The van der Waals surface area contributed by atoms with Crippen molar-refractivity contribution in [2.24, 2.45) is 0 Å². The molecule has 1 aliphatic heterocycles. The molecule has 0 amide bonds. The molecule has 1 atom stereocenters. The molecule has 0 radical (unpaired) electrons. The molecule has 0 spiro atoms. The van der Waals surface area contributed by atoms with Crippen LogP contribution in [0.15, 0.2) is 24.5 Å². The van der Waals surface area contributed by atoms with Gasteiger partial charge in [0.05, 0.1) is 0 Å². The van der Waals surface area contributed by atoms with Crippen LogP contribution >= 0.6 is 0 Å². The quantitative estimate of drug-likeness (QED) is 0.827. The lowest BCUT2D eigenvalue weighted by Crippen LogP contribution is -2.37. The maximum Gasteiger partial charge on any atom is 0.320 e. The predicted octanol–water partition coefficient (Wildman–Crippen LogP) is 1.17. The van der Waals surface area contributed by atoms with Crippen LogP contribution in [0.25, 0.3) is 0 Å². The third kappa shape index (κ3) is 2.58. The van der Waals surface area contributed by atoms with Crippen molar-refractivity contribution in [3.05, 3.63) is 30.1 Å². The van der Waals surface area contributed by atoms with Gasteiger partial charge in [0.2, 0.25) is 0 Å². The molecule has 4 heteroatoms. The van der Waals surface area contributed by atoms with E-state index in [0.29, 0.717) is 0 Å². The molecule has 16 heavy (non-hydrogen) atoms. The largest absolute Gasteiger partial charge is 0.480 e. The number of hydrogen-bond donors (Lipinski definition) is 1. The maximum absolute atomic E-state index is 11.0. The molecule has 0 aromatic carbocycles. The van der Waals surface area contributed by atoms with E-state index in [1.165, 1.54) is 5.56 Å². The van der Waals surface area contributed by atoms with Crippen LogP contribution in [0, 0.1) is 0 Å². The van der Waals surface area contributed by atoms with Gasteiger partial charge in [0.25, 0.3) is 0 Å². The lowest BCUT2D eigenvalue weighted by Gasteiger charge is -2.20. The zero-order valence-electron chi connectivity index (χ0n) is 9.17. The molecule has 1 aromatic rings. The van der Waals surface area contributed by atoms with Gasteiger partial charge in [-0.25, -0.2) is 0 Å². The maximum atomic E-state index is 11.0. The SMILES string of the molecule is O=C(O)[C@@H]1CCCN1CCc1cccnc1. The van der Waals surface area contributed by atoms with Crippen molar-refractivity contribution in [1.82, 2.24) is 9.88 Å². The highest BCUT2D eigenvalue weighted by Crippen LogP contribution is 2.17. The molecule has 1 saturated heterocycles. The zero-order chi connectivity index (χ0) is 11.4. The number of carboxylic acid groups (broad SMARTS) is 1. The molecule has 0 saturated carbocycles. The Morgan fingerprint density at radius 1 is 1.62 bits per heavy atom. The summed E-state index contributed by atoms with van der Waals surface area (Å²) in [6, 6.07) is 3.66. The Kier molecular flexibility index (Phi) is 3.51. The van der Waals surface area contributed by atoms with Gasteiger partial charge in [-0.15, -0.1) is 0 Å². The number of rotatable bonds is 4. The average molecular weight is 220 g/mol. The standard InChI is InChI=1S/C12H16N2O2/c15-12(16)11-4-2-7-14(11)8-5-10-3-1-6-13-9-10/h1,3,6,9,11H,2,4-5,7-8H2,(H,15,16)/t11-/m0/s1. The Morgan fingerprint density at radius 2 is 2.50 bits per heavy atom. The second-order valence-corrected chi connectivity index (χ2v) is 4.14. The highest BCUT2D eigenvalue weighted by Gasteiger charge is 2.29. The van der Waals surface area contributed by atoms with E-state index >= 15 is 0 Å². The highest BCUT2D eigenvalue weighted by molar-refractivity contribution is 5.73. The molecule has 0 bridgehead atoms. The molecule has 0 unspecified atom stereocenters. The number of aliphatic carboxylic acids is 1. The summed E-state index contributed by atoms with van der Waals surface area (Å²) in [7, 11) is 0. The topological polar surface area (TPSA) is 53.4 Å². The Balaban J connectivity index is 1.88. The number of likely N-dealkylation sites (tertiary alicyclic amines) is 1. The monoisotopic (exact) mass is 220 g/mol. The third-order valence-corrected chi connectivity index (χ3v) is 3.06. The van der Waals surface area contributed by atoms with E-state index in [0.717, 1.165) is 32.4 Å². The van der Waals surface area contributed by atoms with E-state index in [4.69, 9.17) is 5.11 Å². The van der Waals surface area contributed by atoms with Crippen molar-refractivity contribution in [3.8, 4) is 0 Å². The fourth-order valence-corrected chi connectivity index (χ4v) is 2.19. The Bertz CT molecular complexity index is 353. The van der Waals surface area contributed by atoms with Gasteiger partial charge in [-0.1, -0.05) is 6.07 Å². The first-order chi connectivity index (χ1) is 7.77. The van der Waals surface area contributed by atoms with Gasteiger partial charge in [-0.2, -0.15) is 0 Å². The summed E-state index contributed by atoms with van der Waals surface area (Å²) in [4.78, 5) is 17.1. The van der Waals surface area contributed by atoms with Crippen molar-refractivity contribution < 1.29 is 9.90 Å². The van der Waals surface area contributed by atoms with E-state index in [-0.39, 0.29) is 6.04 Å². The lowest BCUT2D eigenvalue weighted by atomic mass is 10.2. The van der Waals surface area contributed by atoms with Gasteiger partial charge in [0, 0.05) is 18.9 Å². The first-order valence-corrected chi connectivity index (χ1v) is 5.63. The van der Waals surface area contributed by atoms with Gasteiger partial charge in [0.15, 0.2) is 0 Å². The summed E-state index contributed by atoms with van der Waals surface area (Å²) >= 11 is 0. The number of pyridine rings is 1. The normalized spacial score (nSPS) is 21.1. The van der Waals surface area contributed by atoms with Crippen molar-refractivity contribution >= 4 is 5.97 Å². The van der Waals surface area contributed by atoms with Crippen LogP contribution in [0.3, 0.4) is 0 Å². The average Bonchev–Trinajstić information content (AvgIpc) is 2.76. The number of hydrogen-bond acceptors (Lipinski definition) is 3. The summed E-state index contributed by atoms with van der Waals surface area (Å²) < 4.78 is 0. The van der Waals surface area contributed by atoms with Crippen LogP contribution in [0.4, 0.5) is 0 Å². The molecule has 86 valence electrons. The van der Waals surface area contributed by atoms with E-state index in [9.17, 15) is 4.79 Å². The Morgan fingerprint density at radius 3 is 3.19 bits per heavy atom. The van der Waals surface area contributed by atoms with E-state index in [1.807, 2.05) is 18.3 Å². The molecular formula is C12H16N2O2. The van der Waals surface area contributed by atoms with E-state index in [1.54, 1.807) is 6.20 Å². The second-order valence-electron chi connectivity index (χ2n) is 4.14. The van der Waals surface area contributed by atoms with E-state index < -0.39 is 5.97 Å². The van der Waals surface area contributed by atoms with E-state index in [2.05, 4.69) is 9.88 Å². The highest BCUT2D eigenvalue weighted by atomic mass is 16.4. The third-order valence-electron chi connectivity index (χ3n) is 3.06. The van der Waals surface area contributed by atoms with Crippen LogP contribution in [0.1, 0.15) is 18.4 Å². The summed E-state index contributed by atoms with van der Waals surface area (Å²) in [5.41, 5.74) is 1.17. The minimum Gasteiger partial charge on any atom is -0.480 e. The van der Waals surface area contributed by atoms with Gasteiger partial charge in [-0.05, 0) is 37.4 Å². The second kappa shape index (κ2) is 5.07.